The Labute approximate surface area is 248 Å². The fraction of sp³-hybridized carbons (Fsp3) is 0.786. The molecule has 1 N–H and O–H groups in total. The Morgan fingerprint density at radius 3 is 1.27 bits per heavy atom. The van der Waals surface area contributed by atoms with Gasteiger partial charge in [0.1, 0.15) is 0 Å². The van der Waals surface area contributed by atoms with Gasteiger partial charge in [0.25, 0.3) is 0 Å². The first-order chi connectivity index (χ1) is 18.4. The molecule has 1 aromatic rings. The Bertz CT molecular complexity index is 1150. The van der Waals surface area contributed by atoms with Crippen molar-refractivity contribution in [2.75, 3.05) is 6.54 Å². The van der Waals surface area contributed by atoms with E-state index in [1.165, 1.54) is 0 Å². The molecule has 3 aliphatic heterocycles. The van der Waals surface area contributed by atoms with E-state index in [4.69, 9.17) is 27.9 Å². The van der Waals surface area contributed by atoms with Gasteiger partial charge in [0, 0.05) is 18.1 Å². The lowest BCUT2D eigenvalue weighted by Crippen LogP contribution is -2.49. The van der Waals surface area contributed by atoms with E-state index < -0.39 is 76.5 Å². The second-order valence-corrected chi connectivity index (χ2v) is 16.5. The van der Waals surface area contributed by atoms with Crippen LogP contribution in [0, 0.1) is 6.92 Å². The second kappa shape index (κ2) is 10.3. The molecule has 228 valence electrons. The quantitative estimate of drug-likeness (QED) is 0.430. The molecule has 3 fully saturated rings. The molecule has 41 heavy (non-hydrogen) atoms. The maximum atomic E-state index is 13.5. The summed E-state index contributed by atoms with van der Waals surface area (Å²) in [5.74, 6) is -0.610. The zero-order valence-corrected chi connectivity index (χ0v) is 27.9. The van der Waals surface area contributed by atoms with Gasteiger partial charge in [-0.25, -0.2) is 13.1 Å². The van der Waals surface area contributed by atoms with Gasteiger partial charge in [-0.15, -0.1) is 0 Å². The van der Waals surface area contributed by atoms with Crippen LogP contribution in [0.2, 0.25) is 11.5 Å². The van der Waals surface area contributed by atoms with Crippen LogP contribution < -0.4 is 4.72 Å². The highest BCUT2D eigenvalue weighted by Gasteiger charge is 2.67. The number of hydrogen-bond acceptors (Lipinski definition) is 8. The summed E-state index contributed by atoms with van der Waals surface area (Å²) in [7, 11) is -6.24. The van der Waals surface area contributed by atoms with Gasteiger partial charge in [0.2, 0.25) is 10.0 Å². The molecule has 0 saturated carbocycles. The van der Waals surface area contributed by atoms with Crippen molar-refractivity contribution < 1.29 is 36.3 Å². The summed E-state index contributed by atoms with van der Waals surface area (Å²) < 4.78 is 69.2. The molecule has 0 spiro atoms. The lowest BCUT2D eigenvalue weighted by molar-refractivity contribution is 0.00578. The molecule has 0 aliphatic carbocycles. The van der Waals surface area contributed by atoms with E-state index in [-0.39, 0.29) is 11.4 Å². The predicted molar refractivity (Wildman–Crippen MR) is 162 cm³/mol. The molecule has 4 rings (SSSR count). The first kappa shape index (κ1) is 33.0. The van der Waals surface area contributed by atoms with Crippen LogP contribution in [0.3, 0.4) is 0 Å². The van der Waals surface area contributed by atoms with Crippen LogP contribution in [0.15, 0.2) is 29.2 Å². The Morgan fingerprint density at radius 2 is 0.927 bits per heavy atom. The molecule has 13 heteroatoms. The molecule has 3 heterocycles. The molecular formula is C28H48B3NO8S. The summed E-state index contributed by atoms with van der Waals surface area (Å²) in [4.78, 5) is 0.179. The van der Waals surface area contributed by atoms with E-state index in [0.717, 1.165) is 5.56 Å². The fourth-order valence-electron chi connectivity index (χ4n) is 5.11. The Hall–Kier alpha value is -0.915. The van der Waals surface area contributed by atoms with Gasteiger partial charge in [-0.1, -0.05) is 17.7 Å². The zero-order valence-electron chi connectivity index (χ0n) is 27.1. The summed E-state index contributed by atoms with van der Waals surface area (Å²) in [6.07, 6.45) is 0. The van der Waals surface area contributed by atoms with Crippen LogP contribution in [0.25, 0.3) is 0 Å². The largest absolute Gasteiger partial charge is 0.461 e. The summed E-state index contributed by atoms with van der Waals surface area (Å²) in [6, 6.07) is 6.75. The fourth-order valence-corrected chi connectivity index (χ4v) is 6.18. The minimum absolute atomic E-state index is 0.0220. The molecule has 1 aromatic carbocycles. The van der Waals surface area contributed by atoms with Gasteiger partial charge in [-0.05, 0) is 102 Å². The highest BCUT2D eigenvalue weighted by molar-refractivity contribution is 7.89. The van der Waals surface area contributed by atoms with Gasteiger partial charge < -0.3 is 27.9 Å². The van der Waals surface area contributed by atoms with E-state index in [2.05, 4.69) is 4.72 Å². The normalized spacial score (nSPS) is 26.6. The minimum atomic E-state index is -3.86. The summed E-state index contributed by atoms with van der Waals surface area (Å²) in [6.45, 7) is 25.7. The van der Waals surface area contributed by atoms with E-state index in [1.807, 2.05) is 90.0 Å². The van der Waals surface area contributed by atoms with Crippen molar-refractivity contribution in [1.29, 1.82) is 0 Å². The van der Waals surface area contributed by atoms with Gasteiger partial charge >= 0.3 is 21.4 Å². The van der Waals surface area contributed by atoms with E-state index in [1.54, 1.807) is 24.3 Å². The molecule has 1 unspecified atom stereocenters. The summed E-state index contributed by atoms with van der Waals surface area (Å²) in [5.41, 5.74) is -3.50. The lowest BCUT2D eigenvalue weighted by Gasteiger charge is -2.32. The number of nitrogens with one attached hydrogen (secondary N) is 1. The van der Waals surface area contributed by atoms with Crippen molar-refractivity contribution in [3.05, 3.63) is 29.8 Å². The average Bonchev–Trinajstić information content (AvgIpc) is 3.24. The van der Waals surface area contributed by atoms with Crippen LogP contribution in [0.1, 0.15) is 88.6 Å². The highest BCUT2D eigenvalue weighted by atomic mass is 32.2. The standard InChI is InChI=1S/C28H48B3NO8S/c1-19-14-16-20(17-15-19)41(33,34)32-18-21(29-35-23(2,3)24(4,5)36-29)22(30-37-25(6,7)26(8,9)38-30)31-39-27(10,11)28(12,13)40-31/h14-17,21-22,32H,18H2,1-13H3. The minimum Gasteiger partial charge on any atom is -0.403 e. The van der Waals surface area contributed by atoms with Crippen molar-refractivity contribution >= 4 is 31.4 Å². The first-order valence-corrected chi connectivity index (χ1v) is 16.0. The van der Waals surface area contributed by atoms with E-state index in [9.17, 15) is 8.42 Å². The monoisotopic (exact) mass is 591 g/mol. The van der Waals surface area contributed by atoms with Crippen molar-refractivity contribution in [3.63, 3.8) is 0 Å². The number of benzene rings is 1. The van der Waals surface area contributed by atoms with Crippen molar-refractivity contribution in [2.45, 2.75) is 140 Å². The summed E-state index contributed by atoms with van der Waals surface area (Å²) >= 11 is 0. The third kappa shape index (κ3) is 6.07. The SMILES string of the molecule is Cc1ccc(S(=O)(=O)NCC(B2OC(C)(C)C(C)(C)O2)C(B2OC(C)(C)C(C)(C)O2)B2OC(C)(C)C(C)(C)O2)cc1. The van der Waals surface area contributed by atoms with Crippen LogP contribution in [-0.2, 0) is 37.9 Å². The molecule has 0 bridgehead atoms. The van der Waals surface area contributed by atoms with Gasteiger partial charge in [-0.3, -0.25) is 0 Å². The van der Waals surface area contributed by atoms with Gasteiger partial charge in [0.15, 0.2) is 0 Å². The summed E-state index contributed by atoms with van der Waals surface area (Å²) in [5, 5.41) is 0. The van der Waals surface area contributed by atoms with Crippen LogP contribution in [0.5, 0.6) is 0 Å². The third-order valence-electron chi connectivity index (χ3n) is 10.1. The zero-order chi connectivity index (χ0) is 31.0. The molecule has 0 aromatic heterocycles. The molecular weight excluding hydrogens is 543 g/mol. The van der Waals surface area contributed by atoms with Crippen molar-refractivity contribution in [3.8, 4) is 0 Å². The molecule has 9 nitrogen and oxygen atoms in total. The Balaban J connectivity index is 1.77. The molecule has 0 amide bonds. The van der Waals surface area contributed by atoms with Crippen LogP contribution in [-0.4, -0.2) is 69.9 Å². The highest BCUT2D eigenvalue weighted by Crippen LogP contribution is 2.52. The number of sulfonamides is 1. The van der Waals surface area contributed by atoms with Gasteiger partial charge in [0.05, 0.1) is 38.5 Å². The molecule has 3 saturated heterocycles. The first-order valence-electron chi connectivity index (χ1n) is 14.5. The van der Waals surface area contributed by atoms with Crippen LogP contribution in [0.4, 0.5) is 0 Å². The van der Waals surface area contributed by atoms with Crippen molar-refractivity contribution in [1.82, 2.24) is 4.72 Å². The van der Waals surface area contributed by atoms with Gasteiger partial charge in [-0.2, -0.15) is 0 Å². The third-order valence-corrected chi connectivity index (χ3v) is 11.6. The van der Waals surface area contributed by atoms with Crippen molar-refractivity contribution in [2.24, 2.45) is 0 Å². The van der Waals surface area contributed by atoms with E-state index in [0.29, 0.717) is 0 Å². The molecule has 3 aliphatic rings. The maximum absolute atomic E-state index is 13.5. The number of aryl methyl sites for hydroxylation is 1. The topological polar surface area (TPSA) is 102 Å². The Morgan fingerprint density at radius 1 is 0.610 bits per heavy atom. The smallest absolute Gasteiger partial charge is 0.403 e. The van der Waals surface area contributed by atoms with Crippen LogP contribution >= 0.6 is 0 Å². The number of rotatable bonds is 8. The molecule has 0 radical (unpaired) electrons. The maximum Gasteiger partial charge on any atom is 0.461 e. The molecule has 1 atom stereocenters. The average molecular weight is 591 g/mol. The lowest BCUT2D eigenvalue weighted by atomic mass is 9.40. The Kier molecular flexibility index (Phi) is 8.31. The number of hydrogen-bond donors (Lipinski definition) is 1. The predicted octanol–water partition coefficient (Wildman–Crippen LogP) is 4.83. The van der Waals surface area contributed by atoms with E-state index >= 15 is 0 Å². The second-order valence-electron chi connectivity index (χ2n) is 14.8.